The van der Waals surface area contributed by atoms with Crippen LogP contribution in [-0.4, -0.2) is 66.1 Å². The number of hydrogen-bond donors (Lipinski definition) is 1. The van der Waals surface area contributed by atoms with Gasteiger partial charge in [0.2, 0.25) is 17.5 Å². The molecule has 2 aliphatic heterocycles. The molecule has 8 heteroatoms. The Morgan fingerprint density at radius 2 is 1.85 bits per heavy atom. The molecule has 0 aromatic rings. The van der Waals surface area contributed by atoms with Crippen LogP contribution in [-0.2, 0) is 4.74 Å². The summed E-state index contributed by atoms with van der Waals surface area (Å²) in [6, 6.07) is 0. The number of nitrogens with zero attached hydrogens (tertiary/aromatic N) is 4. The smallest absolute Gasteiger partial charge is 0.222 e. The maximum atomic E-state index is 10.9. The van der Waals surface area contributed by atoms with Gasteiger partial charge in [-0.2, -0.15) is 4.90 Å². The Hall–Kier alpha value is -2.58. The van der Waals surface area contributed by atoms with Crippen molar-refractivity contribution in [1.82, 2.24) is 15.2 Å². The third-order valence-corrected chi connectivity index (χ3v) is 7.41. The second-order valence-electron chi connectivity index (χ2n) is 10.1. The van der Waals surface area contributed by atoms with E-state index < -0.39 is 4.90 Å². The van der Waals surface area contributed by atoms with E-state index in [-0.39, 0.29) is 5.71 Å². The summed E-state index contributed by atoms with van der Waals surface area (Å²) in [6.07, 6.45) is 10.7. The zero-order valence-electron chi connectivity index (χ0n) is 20.2. The highest BCUT2D eigenvalue weighted by Crippen LogP contribution is 2.40. The lowest BCUT2D eigenvalue weighted by atomic mass is 9.69. The highest BCUT2D eigenvalue weighted by Gasteiger charge is 2.34. The van der Waals surface area contributed by atoms with Crippen LogP contribution in [0.4, 0.5) is 0 Å². The molecular formula is C25H36N5O3-. The standard InChI is InChI=1S/C25H36N5O3/c1-17(2)23-14-20(18(3)13-21(23)16-29-11-9-28(4)10-12-29)15-24-26-27-25(33-24)19-5-7-22(8-6-19)30(31)32/h5-8,13,17,20-21,23,27H,9-12,14-16H2,1-4H3/q-1. The predicted octanol–water partition coefficient (Wildman–Crippen LogP) is 3.20. The molecule has 1 N–H and O–H groups in total. The first-order valence-electron chi connectivity index (χ1n) is 12.0. The van der Waals surface area contributed by atoms with E-state index in [1.54, 1.807) is 12.2 Å². The average molecular weight is 455 g/mol. The number of ether oxygens (including phenoxy) is 1. The van der Waals surface area contributed by atoms with E-state index in [4.69, 9.17) is 4.74 Å². The Bertz CT molecular complexity index is 900. The zero-order valence-corrected chi connectivity index (χ0v) is 20.2. The Morgan fingerprint density at radius 1 is 1.15 bits per heavy atom. The second kappa shape index (κ2) is 10.1. The first-order chi connectivity index (χ1) is 15.8. The van der Waals surface area contributed by atoms with Crippen molar-refractivity contribution in [1.29, 1.82) is 0 Å². The molecule has 0 radical (unpaired) electrons. The average Bonchev–Trinajstić information content (AvgIpc) is 3.25. The fraction of sp³-hybridized carbons (Fsp3) is 0.600. The van der Waals surface area contributed by atoms with E-state index in [1.165, 1.54) is 17.7 Å². The predicted molar refractivity (Wildman–Crippen MR) is 131 cm³/mol. The van der Waals surface area contributed by atoms with Crippen LogP contribution < -0.4 is 5.43 Å². The topological polar surface area (TPSA) is 89.2 Å². The van der Waals surface area contributed by atoms with Gasteiger partial charge >= 0.3 is 0 Å². The highest BCUT2D eigenvalue weighted by molar-refractivity contribution is 6.02. The fourth-order valence-corrected chi connectivity index (χ4v) is 5.25. The van der Waals surface area contributed by atoms with Crippen LogP contribution >= 0.6 is 0 Å². The highest BCUT2D eigenvalue weighted by atomic mass is 16.8. The summed E-state index contributed by atoms with van der Waals surface area (Å²) in [5.74, 6) is 3.49. The largest absolute Gasteiger partial charge is 0.612 e. The summed E-state index contributed by atoms with van der Waals surface area (Å²) >= 11 is 0. The third kappa shape index (κ3) is 5.68. The summed E-state index contributed by atoms with van der Waals surface area (Å²) in [5.41, 5.74) is 5.21. The van der Waals surface area contributed by atoms with E-state index >= 15 is 0 Å². The fourth-order valence-electron chi connectivity index (χ4n) is 5.25. The van der Waals surface area contributed by atoms with Crippen molar-refractivity contribution in [2.75, 3.05) is 39.8 Å². The summed E-state index contributed by atoms with van der Waals surface area (Å²) in [5, 5.41) is 26.2. The van der Waals surface area contributed by atoms with Gasteiger partial charge < -0.3 is 25.0 Å². The van der Waals surface area contributed by atoms with Gasteiger partial charge in [-0.15, -0.1) is 5.10 Å². The second-order valence-corrected chi connectivity index (χ2v) is 10.1. The molecule has 1 fully saturated rings. The Morgan fingerprint density at radius 3 is 2.48 bits per heavy atom. The molecule has 3 atom stereocenters. The van der Waals surface area contributed by atoms with Crippen molar-refractivity contribution >= 4 is 11.6 Å². The maximum Gasteiger partial charge on any atom is 0.222 e. The van der Waals surface area contributed by atoms with Gasteiger partial charge in [-0.25, -0.2) is 5.43 Å². The van der Waals surface area contributed by atoms with Crippen LogP contribution in [0, 0.1) is 34.1 Å². The van der Waals surface area contributed by atoms with Gasteiger partial charge in [0.05, 0.1) is 0 Å². The van der Waals surface area contributed by atoms with Crippen LogP contribution in [0.3, 0.4) is 0 Å². The van der Waals surface area contributed by atoms with E-state index in [1.807, 2.05) is 0 Å². The molecule has 8 nitrogen and oxygen atoms in total. The van der Waals surface area contributed by atoms with Crippen molar-refractivity contribution < 1.29 is 9.64 Å². The minimum atomic E-state index is -0.403. The molecule has 0 aromatic heterocycles. The molecule has 2 heterocycles. The lowest BCUT2D eigenvalue weighted by Gasteiger charge is -2.41. The number of likely N-dealkylation sites (N-methyl/N-ethyl adjacent to an activating group) is 1. The molecule has 4 rings (SSSR count). The van der Waals surface area contributed by atoms with Crippen molar-refractivity contribution in [3.05, 3.63) is 57.8 Å². The van der Waals surface area contributed by atoms with Crippen LogP contribution in [0.2, 0.25) is 0 Å². The van der Waals surface area contributed by atoms with Gasteiger partial charge in [0.15, 0.2) is 0 Å². The number of allylic oxidation sites excluding steroid dienone is 6. The molecular weight excluding hydrogens is 418 g/mol. The molecule has 0 aromatic carbocycles. The third-order valence-electron chi connectivity index (χ3n) is 7.41. The number of hydrogen-bond acceptors (Lipinski definition) is 7. The van der Waals surface area contributed by atoms with Crippen molar-refractivity contribution in [2.24, 2.45) is 28.8 Å². The molecule has 4 aliphatic rings. The van der Waals surface area contributed by atoms with E-state index in [0.717, 1.165) is 51.1 Å². The SMILES string of the molecule is CC1=CC(CN2CCN(C)CC2)C(C(C)C)CC1CC1=NNC(=C2C=CC(=[N+]([O-])[O-])C=C2)O1. The molecule has 33 heavy (non-hydrogen) atoms. The summed E-state index contributed by atoms with van der Waals surface area (Å²) in [6.45, 7) is 12.7. The molecule has 180 valence electrons. The van der Waals surface area contributed by atoms with Crippen molar-refractivity contribution in [3.8, 4) is 0 Å². The van der Waals surface area contributed by atoms with Crippen molar-refractivity contribution in [2.45, 2.75) is 33.6 Å². The monoisotopic (exact) mass is 454 g/mol. The molecule has 0 amide bonds. The quantitative estimate of drug-likeness (QED) is 0.390. The molecule has 0 saturated carbocycles. The lowest BCUT2D eigenvalue weighted by Crippen LogP contribution is -2.47. The molecule has 3 unspecified atom stereocenters. The van der Waals surface area contributed by atoms with E-state index in [9.17, 15) is 10.4 Å². The molecule has 0 spiro atoms. The zero-order chi connectivity index (χ0) is 23.5. The molecule has 1 saturated heterocycles. The van der Waals surface area contributed by atoms with Gasteiger partial charge in [-0.3, -0.25) is 0 Å². The number of rotatable bonds is 5. The number of hydrazone groups is 1. The Balaban J connectivity index is 1.39. The number of piperazine rings is 1. The summed E-state index contributed by atoms with van der Waals surface area (Å²) in [4.78, 5) is 4.63. The van der Waals surface area contributed by atoms with Gasteiger partial charge in [-0.1, -0.05) is 25.5 Å². The van der Waals surface area contributed by atoms with E-state index in [0.29, 0.717) is 35.5 Å². The minimum absolute atomic E-state index is 0.0623. The van der Waals surface area contributed by atoms with E-state index in [2.05, 4.69) is 54.2 Å². The van der Waals surface area contributed by atoms with Gasteiger partial charge in [-0.05, 0) is 56.2 Å². The summed E-state index contributed by atoms with van der Waals surface area (Å²) < 4.78 is 6.00. The van der Waals surface area contributed by atoms with Crippen LogP contribution in [0.1, 0.15) is 33.6 Å². The van der Waals surface area contributed by atoms with Gasteiger partial charge in [0, 0.05) is 56.9 Å². The maximum absolute atomic E-state index is 10.9. The minimum Gasteiger partial charge on any atom is -0.612 e. The first kappa shape index (κ1) is 23.6. The first-order valence-corrected chi connectivity index (χ1v) is 12.0. The summed E-state index contributed by atoms with van der Waals surface area (Å²) in [7, 11) is 2.21. The normalized spacial score (nSPS) is 28.6. The van der Waals surface area contributed by atoms with Crippen molar-refractivity contribution in [3.63, 3.8) is 0 Å². The Kier molecular flexibility index (Phi) is 7.24. The van der Waals surface area contributed by atoms with Crippen LogP contribution in [0.15, 0.2) is 52.5 Å². The van der Waals surface area contributed by atoms with Crippen LogP contribution in [0.25, 0.3) is 0 Å². The lowest BCUT2D eigenvalue weighted by molar-refractivity contribution is -0.377. The van der Waals surface area contributed by atoms with Crippen LogP contribution in [0.5, 0.6) is 0 Å². The van der Waals surface area contributed by atoms with Gasteiger partial charge in [0.1, 0.15) is 0 Å². The molecule has 2 aliphatic carbocycles. The Labute approximate surface area is 196 Å². The number of nitrogens with one attached hydrogen (secondary N) is 1. The van der Waals surface area contributed by atoms with Gasteiger partial charge in [0.25, 0.3) is 0 Å². The molecule has 0 bridgehead atoms.